The second-order valence-corrected chi connectivity index (χ2v) is 5.92. The Morgan fingerprint density at radius 3 is 2.56 bits per heavy atom. The van der Waals surface area contributed by atoms with E-state index in [1.165, 1.54) is 0 Å². The molecule has 1 aromatic carbocycles. The maximum atomic E-state index is 11.3. The number of Topliss-reactive ketones (excluding diaryl/α,β-unsaturated/α-hetero) is 1. The minimum atomic E-state index is 0.258. The zero-order chi connectivity index (χ0) is 13.1. The van der Waals surface area contributed by atoms with E-state index in [9.17, 15) is 4.79 Å². The van der Waals surface area contributed by atoms with E-state index in [1.807, 2.05) is 18.2 Å². The minimum Gasteiger partial charge on any atom is -0.490 e. The molecule has 0 amide bonds. The van der Waals surface area contributed by atoms with Gasteiger partial charge in [-0.15, -0.1) is 0 Å². The molecule has 0 spiro atoms. The average molecular weight is 311 g/mol. The number of carbonyl (C=O) groups is 1. The molecule has 0 saturated heterocycles. The zero-order valence-electron chi connectivity index (χ0n) is 10.9. The Morgan fingerprint density at radius 1 is 1.28 bits per heavy atom. The molecule has 1 aromatic rings. The molecule has 2 rings (SSSR count). The van der Waals surface area contributed by atoms with E-state index >= 15 is 0 Å². The van der Waals surface area contributed by atoms with Crippen LogP contribution < -0.4 is 4.74 Å². The van der Waals surface area contributed by atoms with Crippen LogP contribution in [0.1, 0.15) is 38.2 Å². The molecule has 1 aliphatic rings. The Labute approximate surface area is 117 Å². The number of benzene rings is 1. The molecule has 0 aromatic heterocycles. The Balaban J connectivity index is 1.96. The highest BCUT2D eigenvalue weighted by atomic mass is 79.9. The predicted octanol–water partition coefficient (Wildman–Crippen LogP) is 4.28. The second kappa shape index (κ2) is 5.87. The van der Waals surface area contributed by atoms with Gasteiger partial charge in [-0.1, -0.05) is 22.0 Å². The summed E-state index contributed by atoms with van der Waals surface area (Å²) < 4.78 is 7.13. The Bertz CT molecular complexity index is 434. The van der Waals surface area contributed by atoms with Crippen LogP contribution in [0.3, 0.4) is 0 Å². The number of rotatable bonds is 3. The molecule has 18 heavy (non-hydrogen) atoms. The molecule has 1 fully saturated rings. The Kier molecular flexibility index (Phi) is 4.44. The maximum absolute atomic E-state index is 11.3. The van der Waals surface area contributed by atoms with Crippen molar-refractivity contribution in [3.8, 4) is 5.75 Å². The normalized spacial score (nSPS) is 23.7. The lowest BCUT2D eigenvalue weighted by molar-refractivity contribution is -0.122. The van der Waals surface area contributed by atoms with Gasteiger partial charge in [-0.25, -0.2) is 0 Å². The second-order valence-electron chi connectivity index (χ2n) is 5.07. The first-order chi connectivity index (χ1) is 8.58. The van der Waals surface area contributed by atoms with Crippen LogP contribution >= 0.6 is 15.9 Å². The van der Waals surface area contributed by atoms with Gasteiger partial charge < -0.3 is 4.74 Å². The highest BCUT2D eigenvalue weighted by molar-refractivity contribution is 9.10. The average Bonchev–Trinajstić information content (AvgIpc) is 2.36. The van der Waals surface area contributed by atoms with Crippen molar-refractivity contribution in [1.82, 2.24) is 0 Å². The van der Waals surface area contributed by atoms with E-state index in [0.717, 1.165) is 41.5 Å². The molecule has 2 nitrogen and oxygen atoms in total. The largest absolute Gasteiger partial charge is 0.490 e. The van der Waals surface area contributed by atoms with Crippen LogP contribution in [0.4, 0.5) is 0 Å². The fourth-order valence-corrected chi connectivity index (χ4v) is 2.83. The molecule has 1 saturated carbocycles. The minimum absolute atomic E-state index is 0.258. The van der Waals surface area contributed by atoms with Crippen molar-refractivity contribution in [1.29, 1.82) is 0 Å². The van der Waals surface area contributed by atoms with Crippen molar-refractivity contribution in [3.63, 3.8) is 0 Å². The molecule has 0 atom stereocenters. The first kappa shape index (κ1) is 13.6. The van der Waals surface area contributed by atoms with Gasteiger partial charge in [0.05, 0.1) is 6.10 Å². The standard InChI is InChI=1S/C15H19BrO2/c1-10-14(16)4-3-5-15(10)18-13-8-6-12(7-9-13)11(2)17/h3-5,12-13H,6-9H2,1-2H3. The summed E-state index contributed by atoms with van der Waals surface area (Å²) >= 11 is 3.51. The quantitative estimate of drug-likeness (QED) is 0.832. The first-order valence-electron chi connectivity index (χ1n) is 6.50. The van der Waals surface area contributed by atoms with Gasteiger partial charge in [0.15, 0.2) is 0 Å². The predicted molar refractivity (Wildman–Crippen MR) is 75.9 cm³/mol. The zero-order valence-corrected chi connectivity index (χ0v) is 12.5. The third-order valence-electron chi connectivity index (χ3n) is 3.76. The molecule has 1 aliphatic carbocycles. The fourth-order valence-electron chi connectivity index (χ4n) is 2.48. The van der Waals surface area contributed by atoms with Gasteiger partial charge in [0.2, 0.25) is 0 Å². The number of ketones is 1. The highest BCUT2D eigenvalue weighted by Gasteiger charge is 2.25. The Hall–Kier alpha value is -0.830. The highest BCUT2D eigenvalue weighted by Crippen LogP contribution is 2.31. The molecule has 0 bridgehead atoms. The summed E-state index contributed by atoms with van der Waals surface area (Å²) in [6.07, 6.45) is 4.15. The third-order valence-corrected chi connectivity index (χ3v) is 4.62. The lowest BCUT2D eigenvalue weighted by Crippen LogP contribution is -2.27. The van der Waals surface area contributed by atoms with Crippen LogP contribution in [-0.4, -0.2) is 11.9 Å². The van der Waals surface area contributed by atoms with Gasteiger partial charge in [0.1, 0.15) is 11.5 Å². The van der Waals surface area contributed by atoms with Gasteiger partial charge in [-0.05, 0) is 51.7 Å². The van der Waals surface area contributed by atoms with Crippen LogP contribution in [-0.2, 0) is 4.79 Å². The number of ether oxygens (including phenoxy) is 1. The van der Waals surface area contributed by atoms with Crippen LogP contribution in [0.5, 0.6) is 5.75 Å². The number of carbonyl (C=O) groups excluding carboxylic acids is 1. The molecule has 0 N–H and O–H groups in total. The topological polar surface area (TPSA) is 26.3 Å². The van der Waals surface area contributed by atoms with E-state index in [2.05, 4.69) is 22.9 Å². The number of hydrogen-bond acceptors (Lipinski definition) is 2. The van der Waals surface area contributed by atoms with Gasteiger partial charge in [-0.3, -0.25) is 4.79 Å². The van der Waals surface area contributed by atoms with Crippen molar-refractivity contribution < 1.29 is 9.53 Å². The van der Waals surface area contributed by atoms with Crippen LogP contribution in [0, 0.1) is 12.8 Å². The van der Waals surface area contributed by atoms with Gasteiger partial charge in [0, 0.05) is 16.0 Å². The fraction of sp³-hybridized carbons (Fsp3) is 0.533. The van der Waals surface area contributed by atoms with E-state index in [-0.39, 0.29) is 12.0 Å². The number of halogens is 1. The van der Waals surface area contributed by atoms with E-state index < -0.39 is 0 Å². The molecule has 0 heterocycles. The molecule has 3 heteroatoms. The molecular formula is C15H19BrO2. The SMILES string of the molecule is CC(=O)C1CCC(Oc2cccc(Br)c2C)CC1. The van der Waals surface area contributed by atoms with E-state index in [4.69, 9.17) is 4.74 Å². The summed E-state index contributed by atoms with van der Waals surface area (Å²) in [4.78, 5) is 11.3. The summed E-state index contributed by atoms with van der Waals surface area (Å²) in [5, 5.41) is 0. The van der Waals surface area contributed by atoms with Gasteiger partial charge in [0.25, 0.3) is 0 Å². The molecule has 0 radical (unpaired) electrons. The summed E-state index contributed by atoms with van der Waals surface area (Å²) in [6.45, 7) is 3.75. The number of hydrogen-bond donors (Lipinski definition) is 0. The lowest BCUT2D eigenvalue weighted by Gasteiger charge is -2.28. The molecule has 0 unspecified atom stereocenters. The smallest absolute Gasteiger partial charge is 0.132 e. The van der Waals surface area contributed by atoms with Crippen molar-refractivity contribution >= 4 is 21.7 Å². The molecule has 98 valence electrons. The summed E-state index contributed by atoms with van der Waals surface area (Å²) in [7, 11) is 0. The van der Waals surface area contributed by atoms with Crippen LogP contribution in [0.15, 0.2) is 22.7 Å². The lowest BCUT2D eigenvalue weighted by atomic mass is 9.85. The van der Waals surface area contributed by atoms with Crippen molar-refractivity contribution in [3.05, 3.63) is 28.2 Å². The molecular weight excluding hydrogens is 292 g/mol. The summed E-state index contributed by atoms with van der Waals surface area (Å²) in [5.41, 5.74) is 1.14. The monoisotopic (exact) mass is 310 g/mol. The van der Waals surface area contributed by atoms with Crippen LogP contribution in [0.2, 0.25) is 0 Å². The van der Waals surface area contributed by atoms with Gasteiger partial charge >= 0.3 is 0 Å². The van der Waals surface area contributed by atoms with E-state index in [0.29, 0.717) is 5.78 Å². The van der Waals surface area contributed by atoms with E-state index in [1.54, 1.807) is 6.92 Å². The van der Waals surface area contributed by atoms with Crippen molar-refractivity contribution in [2.24, 2.45) is 5.92 Å². The molecule has 0 aliphatic heterocycles. The van der Waals surface area contributed by atoms with Crippen LogP contribution in [0.25, 0.3) is 0 Å². The van der Waals surface area contributed by atoms with Crippen molar-refractivity contribution in [2.75, 3.05) is 0 Å². The van der Waals surface area contributed by atoms with Crippen molar-refractivity contribution in [2.45, 2.75) is 45.6 Å². The summed E-state index contributed by atoms with van der Waals surface area (Å²) in [6, 6.07) is 6.03. The Morgan fingerprint density at radius 2 is 1.94 bits per heavy atom. The maximum Gasteiger partial charge on any atom is 0.132 e. The third kappa shape index (κ3) is 3.14. The first-order valence-corrected chi connectivity index (χ1v) is 7.29. The summed E-state index contributed by atoms with van der Waals surface area (Å²) in [5.74, 6) is 1.54. The van der Waals surface area contributed by atoms with Gasteiger partial charge in [-0.2, -0.15) is 0 Å².